The molecule has 3 N–H and O–H groups in total. The molecule has 2 saturated heterocycles. The number of rotatable bonds is 5. The summed E-state index contributed by atoms with van der Waals surface area (Å²) in [6.07, 6.45) is 9.94. The third kappa shape index (κ3) is 4.82. The van der Waals surface area contributed by atoms with Crippen LogP contribution in [0.25, 0.3) is 0 Å². The van der Waals surface area contributed by atoms with E-state index in [1.807, 2.05) is 6.92 Å². The highest BCUT2D eigenvalue weighted by Gasteiger charge is 2.39. The van der Waals surface area contributed by atoms with E-state index in [0.29, 0.717) is 40.5 Å². The zero-order valence-corrected chi connectivity index (χ0v) is 17.3. The van der Waals surface area contributed by atoms with Gasteiger partial charge in [-0.1, -0.05) is 11.6 Å². The molecule has 5 nitrogen and oxygen atoms in total. The molecule has 0 spiro atoms. The topological polar surface area (TPSA) is 67.6 Å². The predicted molar refractivity (Wildman–Crippen MR) is 112 cm³/mol. The van der Waals surface area contributed by atoms with E-state index in [9.17, 15) is 4.79 Å². The Balaban J connectivity index is 0.00000261. The maximum atomic E-state index is 12.9. The fourth-order valence-corrected chi connectivity index (χ4v) is 4.22. The van der Waals surface area contributed by atoms with Crippen LogP contribution in [-0.4, -0.2) is 42.1 Å². The number of nitrogens with zero attached hydrogens (tertiary/aromatic N) is 1. The van der Waals surface area contributed by atoms with Crippen molar-refractivity contribution in [3.63, 3.8) is 0 Å². The van der Waals surface area contributed by atoms with Crippen LogP contribution in [0.15, 0.2) is 12.1 Å². The number of anilines is 1. The van der Waals surface area contributed by atoms with Crippen LogP contribution in [0.2, 0.25) is 5.02 Å². The van der Waals surface area contributed by atoms with Gasteiger partial charge in [0.2, 0.25) is 0 Å². The van der Waals surface area contributed by atoms with Gasteiger partial charge < -0.3 is 20.7 Å². The van der Waals surface area contributed by atoms with Gasteiger partial charge in [0.1, 0.15) is 11.9 Å². The second-order valence-electron chi connectivity index (χ2n) is 7.40. The van der Waals surface area contributed by atoms with Crippen molar-refractivity contribution in [1.29, 1.82) is 0 Å². The smallest absolute Gasteiger partial charge is 0.255 e. The Hall–Kier alpha value is -1.61. The number of nitrogens with one attached hydrogen (secondary N) is 1. The number of carbonyl (C=O) groups is 1. The molecule has 0 aromatic heterocycles. The highest BCUT2D eigenvalue weighted by atomic mass is 35.5. The number of nitrogen functional groups attached to an aromatic ring is 1. The molecule has 3 unspecified atom stereocenters. The Kier molecular flexibility index (Phi) is 7.27. The molecule has 2 heterocycles. The molecule has 2 aliphatic heterocycles. The zero-order chi connectivity index (χ0) is 18.8. The van der Waals surface area contributed by atoms with Crippen LogP contribution >= 0.6 is 24.0 Å². The summed E-state index contributed by atoms with van der Waals surface area (Å²) in [5.74, 6) is 2.80. The lowest BCUT2D eigenvalue weighted by molar-refractivity contribution is 0.0876. The summed E-state index contributed by atoms with van der Waals surface area (Å²) in [6, 6.07) is 4.46. The molecule has 27 heavy (non-hydrogen) atoms. The van der Waals surface area contributed by atoms with Crippen LogP contribution in [0.3, 0.4) is 0 Å². The Morgan fingerprint density at radius 2 is 2.07 bits per heavy atom. The standard InChI is InChI=1S/C20H26ClN3O2.ClH/c1-4-5-12(2)26-19-11-18(22)17(21)10-16(19)20(25)23-13-8-14-6-7-15(9-13)24(14)3;/h1,10-15H,5-9,22H2,2-3H3,(H,23,25);1H. The van der Waals surface area contributed by atoms with Crippen molar-refractivity contribution in [1.82, 2.24) is 10.2 Å². The lowest BCUT2D eigenvalue weighted by Gasteiger charge is -2.36. The van der Waals surface area contributed by atoms with E-state index in [2.05, 4.69) is 23.2 Å². The van der Waals surface area contributed by atoms with E-state index in [1.165, 1.54) is 12.8 Å². The number of halogens is 2. The molecule has 2 fully saturated rings. The van der Waals surface area contributed by atoms with Crippen LogP contribution in [0.1, 0.15) is 49.4 Å². The van der Waals surface area contributed by atoms with Crippen molar-refractivity contribution in [3.05, 3.63) is 22.7 Å². The minimum atomic E-state index is -0.216. The second kappa shape index (κ2) is 9.05. The Labute approximate surface area is 172 Å². The van der Waals surface area contributed by atoms with Crippen molar-refractivity contribution >= 4 is 35.6 Å². The van der Waals surface area contributed by atoms with Crippen molar-refractivity contribution in [2.45, 2.75) is 63.3 Å². The number of hydrogen-bond donors (Lipinski definition) is 2. The normalized spacial score (nSPS) is 25.2. The molecule has 1 aromatic carbocycles. The Bertz CT molecular complexity index is 721. The predicted octanol–water partition coefficient (Wildman–Crippen LogP) is 3.49. The molecule has 2 aliphatic rings. The first-order chi connectivity index (χ1) is 12.4. The average molecular weight is 412 g/mol. The molecular weight excluding hydrogens is 385 g/mol. The molecular formula is C20H27Cl2N3O2. The van der Waals surface area contributed by atoms with E-state index in [4.69, 9.17) is 28.5 Å². The highest BCUT2D eigenvalue weighted by molar-refractivity contribution is 6.33. The minimum absolute atomic E-state index is 0. The molecule has 7 heteroatoms. The number of benzene rings is 1. The molecule has 1 aromatic rings. The third-order valence-corrected chi connectivity index (χ3v) is 5.84. The maximum absolute atomic E-state index is 12.9. The SMILES string of the molecule is C#CCC(C)Oc1cc(N)c(Cl)cc1C(=O)NC1CC2CCC(C1)N2C.Cl. The molecule has 0 radical (unpaired) electrons. The molecule has 0 saturated carbocycles. The quantitative estimate of drug-likeness (QED) is 0.574. The van der Waals surface area contributed by atoms with E-state index in [0.717, 1.165) is 12.8 Å². The van der Waals surface area contributed by atoms with Gasteiger partial charge in [-0.25, -0.2) is 0 Å². The second-order valence-corrected chi connectivity index (χ2v) is 7.81. The van der Waals surface area contributed by atoms with Gasteiger partial charge in [0.05, 0.1) is 16.3 Å². The van der Waals surface area contributed by atoms with Crippen molar-refractivity contribution in [2.24, 2.45) is 0 Å². The zero-order valence-electron chi connectivity index (χ0n) is 15.7. The van der Waals surface area contributed by atoms with E-state index >= 15 is 0 Å². The summed E-state index contributed by atoms with van der Waals surface area (Å²) in [5.41, 5.74) is 6.67. The van der Waals surface area contributed by atoms with E-state index in [-0.39, 0.29) is 30.5 Å². The van der Waals surface area contributed by atoms with Crippen LogP contribution in [0.4, 0.5) is 5.69 Å². The molecule has 3 atom stereocenters. The van der Waals surface area contributed by atoms with Crippen LogP contribution in [-0.2, 0) is 0 Å². The van der Waals surface area contributed by atoms with Gasteiger partial charge in [0.15, 0.2) is 0 Å². The lowest BCUT2D eigenvalue weighted by Crippen LogP contribution is -2.48. The first-order valence-electron chi connectivity index (χ1n) is 9.11. The van der Waals surface area contributed by atoms with Crippen molar-refractivity contribution in [2.75, 3.05) is 12.8 Å². The van der Waals surface area contributed by atoms with Gasteiger partial charge in [-0.2, -0.15) is 0 Å². The third-order valence-electron chi connectivity index (χ3n) is 5.51. The van der Waals surface area contributed by atoms with Gasteiger partial charge in [0.25, 0.3) is 5.91 Å². The van der Waals surface area contributed by atoms with Crippen LogP contribution in [0.5, 0.6) is 5.75 Å². The largest absolute Gasteiger partial charge is 0.489 e. The maximum Gasteiger partial charge on any atom is 0.255 e. The van der Waals surface area contributed by atoms with Gasteiger partial charge in [-0.05, 0) is 45.7 Å². The molecule has 148 valence electrons. The molecule has 0 aliphatic carbocycles. The van der Waals surface area contributed by atoms with Crippen molar-refractivity contribution in [3.8, 4) is 18.1 Å². The van der Waals surface area contributed by atoms with Crippen molar-refractivity contribution < 1.29 is 9.53 Å². The molecule has 3 rings (SSSR count). The number of carbonyl (C=O) groups excluding carboxylic acids is 1. The number of nitrogens with two attached hydrogens (primary N) is 1. The minimum Gasteiger partial charge on any atom is -0.489 e. The van der Waals surface area contributed by atoms with Crippen LogP contribution < -0.4 is 15.8 Å². The van der Waals surface area contributed by atoms with E-state index < -0.39 is 0 Å². The summed E-state index contributed by atoms with van der Waals surface area (Å²) >= 11 is 6.15. The summed E-state index contributed by atoms with van der Waals surface area (Å²) in [5, 5.41) is 3.51. The number of amides is 1. The van der Waals surface area contributed by atoms with Gasteiger partial charge in [0, 0.05) is 30.6 Å². The Morgan fingerprint density at radius 1 is 1.44 bits per heavy atom. The number of terminal acetylenes is 1. The first-order valence-corrected chi connectivity index (χ1v) is 9.48. The average Bonchev–Trinajstić information content (AvgIpc) is 2.80. The number of ether oxygens (including phenoxy) is 1. The Morgan fingerprint density at radius 3 is 2.67 bits per heavy atom. The number of fused-ring (bicyclic) bond motifs is 2. The summed E-state index contributed by atoms with van der Waals surface area (Å²) in [4.78, 5) is 15.4. The van der Waals surface area contributed by atoms with E-state index in [1.54, 1.807) is 12.1 Å². The fourth-order valence-electron chi connectivity index (χ4n) is 4.06. The monoisotopic (exact) mass is 411 g/mol. The van der Waals surface area contributed by atoms with Gasteiger partial charge in [-0.15, -0.1) is 24.8 Å². The first kappa shape index (κ1) is 21.7. The van der Waals surface area contributed by atoms with Gasteiger partial charge >= 0.3 is 0 Å². The number of hydrogen-bond acceptors (Lipinski definition) is 4. The summed E-state index contributed by atoms with van der Waals surface area (Å²) in [6.45, 7) is 1.86. The van der Waals surface area contributed by atoms with Crippen LogP contribution in [0, 0.1) is 12.3 Å². The fraction of sp³-hybridized carbons (Fsp3) is 0.550. The highest BCUT2D eigenvalue weighted by Crippen LogP contribution is 2.35. The molecule has 1 amide bonds. The lowest BCUT2D eigenvalue weighted by atomic mass is 9.97. The number of piperidine rings is 1. The summed E-state index contributed by atoms with van der Waals surface area (Å²) < 4.78 is 5.85. The van der Waals surface area contributed by atoms with Gasteiger partial charge in [-0.3, -0.25) is 4.79 Å². The summed E-state index contributed by atoms with van der Waals surface area (Å²) in [7, 11) is 2.18. The molecule has 2 bridgehead atoms.